The van der Waals surface area contributed by atoms with Crippen molar-refractivity contribution < 1.29 is 22.4 Å². The van der Waals surface area contributed by atoms with Crippen LogP contribution in [0.3, 0.4) is 0 Å². The van der Waals surface area contributed by atoms with Crippen LogP contribution < -0.4 is 9.62 Å². The summed E-state index contributed by atoms with van der Waals surface area (Å²) in [6, 6.07) is 18.7. The highest BCUT2D eigenvalue weighted by Gasteiger charge is 2.34. The van der Waals surface area contributed by atoms with Crippen LogP contribution >= 0.6 is 0 Å². The van der Waals surface area contributed by atoms with Crippen LogP contribution in [0.1, 0.15) is 62.6 Å². The van der Waals surface area contributed by atoms with Crippen LogP contribution in [-0.2, 0) is 32.6 Å². The molecule has 1 fully saturated rings. The lowest BCUT2D eigenvalue weighted by Crippen LogP contribution is -2.53. The number of hydrogen-bond acceptors (Lipinski definition) is 4. The van der Waals surface area contributed by atoms with Crippen LogP contribution in [0, 0.1) is 12.7 Å². The Bertz CT molecular complexity index is 1490. The fourth-order valence-corrected chi connectivity index (χ4v) is 6.82. The number of nitrogens with zero attached hydrogens (tertiary/aromatic N) is 2. The van der Waals surface area contributed by atoms with Crippen molar-refractivity contribution >= 4 is 27.5 Å². The molecule has 3 aromatic carbocycles. The number of benzene rings is 3. The number of sulfonamides is 1. The Morgan fingerprint density at radius 3 is 2.19 bits per heavy atom. The Labute approximate surface area is 248 Å². The maximum absolute atomic E-state index is 14.8. The van der Waals surface area contributed by atoms with Gasteiger partial charge in [-0.2, -0.15) is 0 Å². The number of aryl methyl sites for hydroxylation is 2. The zero-order chi connectivity index (χ0) is 30.3. The Morgan fingerprint density at radius 2 is 1.55 bits per heavy atom. The zero-order valence-electron chi connectivity index (χ0n) is 24.6. The lowest BCUT2D eigenvalue weighted by Gasteiger charge is -2.33. The summed E-state index contributed by atoms with van der Waals surface area (Å²) in [6.07, 6.45) is 5.47. The molecule has 0 aliphatic heterocycles. The quantitative estimate of drug-likeness (QED) is 0.306. The summed E-state index contributed by atoms with van der Waals surface area (Å²) in [4.78, 5) is 28.9. The number of hydrogen-bond donors (Lipinski definition) is 1. The van der Waals surface area contributed by atoms with Crippen LogP contribution in [0.4, 0.5) is 10.1 Å². The molecule has 224 valence electrons. The Balaban J connectivity index is 1.71. The Morgan fingerprint density at radius 1 is 0.929 bits per heavy atom. The maximum Gasteiger partial charge on any atom is 0.264 e. The first-order chi connectivity index (χ1) is 20.1. The molecule has 0 heterocycles. The van der Waals surface area contributed by atoms with E-state index in [0.29, 0.717) is 12.1 Å². The molecule has 0 aromatic heterocycles. The molecule has 9 heteroatoms. The fraction of sp³-hybridized carbons (Fsp3) is 0.394. The second-order valence-corrected chi connectivity index (χ2v) is 12.8. The van der Waals surface area contributed by atoms with E-state index in [4.69, 9.17) is 0 Å². The molecule has 0 radical (unpaired) electrons. The van der Waals surface area contributed by atoms with E-state index in [0.717, 1.165) is 47.5 Å². The summed E-state index contributed by atoms with van der Waals surface area (Å²) >= 11 is 0. The van der Waals surface area contributed by atoms with E-state index < -0.39 is 34.3 Å². The van der Waals surface area contributed by atoms with Gasteiger partial charge in [-0.15, -0.1) is 0 Å². The molecule has 0 bridgehead atoms. The van der Waals surface area contributed by atoms with Gasteiger partial charge in [-0.05, 0) is 62.9 Å². The van der Waals surface area contributed by atoms with E-state index >= 15 is 0 Å². The molecular formula is C33H40FN3O4S. The van der Waals surface area contributed by atoms with Crippen molar-refractivity contribution in [2.75, 3.05) is 10.8 Å². The van der Waals surface area contributed by atoms with Gasteiger partial charge in [0.25, 0.3) is 10.0 Å². The van der Waals surface area contributed by atoms with E-state index in [2.05, 4.69) is 5.32 Å². The molecule has 0 spiro atoms. The third-order valence-corrected chi connectivity index (χ3v) is 9.72. The first kappa shape index (κ1) is 31.2. The third kappa shape index (κ3) is 7.37. The van der Waals surface area contributed by atoms with Crippen LogP contribution in [0.25, 0.3) is 0 Å². The lowest BCUT2D eigenvalue weighted by atomic mass is 9.95. The molecule has 7 nitrogen and oxygen atoms in total. The zero-order valence-corrected chi connectivity index (χ0v) is 25.4. The number of anilines is 1. The van der Waals surface area contributed by atoms with Crippen molar-refractivity contribution in [2.24, 2.45) is 0 Å². The lowest BCUT2D eigenvalue weighted by molar-refractivity contribution is -0.139. The second-order valence-electron chi connectivity index (χ2n) is 10.9. The number of para-hydroxylation sites is 1. The monoisotopic (exact) mass is 593 g/mol. The SMILES string of the molecule is CCc1ccccc1N(CC(=O)N(Cc1ccccc1F)C(C)C(=O)NC1CCCCC1)S(=O)(=O)c1ccc(C)cc1. The standard InChI is InChI=1S/C33H40FN3O4S/c1-4-26-12-9-11-17-31(26)37(42(40,41)29-20-18-24(2)19-21-29)23-32(38)36(22-27-13-8-10-16-30(27)34)25(3)33(39)35-28-14-6-5-7-15-28/h8-13,16-21,25,28H,4-7,14-15,22-23H2,1-3H3,(H,35,39). The topological polar surface area (TPSA) is 86.8 Å². The summed E-state index contributed by atoms with van der Waals surface area (Å²) in [5.74, 6) is -1.45. The van der Waals surface area contributed by atoms with Crippen molar-refractivity contribution in [1.82, 2.24) is 10.2 Å². The largest absolute Gasteiger partial charge is 0.352 e. The minimum absolute atomic E-state index is 0.0222. The minimum atomic E-state index is -4.17. The van der Waals surface area contributed by atoms with Crippen molar-refractivity contribution in [3.05, 3.63) is 95.3 Å². The molecule has 1 atom stereocenters. The predicted octanol–water partition coefficient (Wildman–Crippen LogP) is 5.76. The van der Waals surface area contributed by atoms with Gasteiger partial charge >= 0.3 is 0 Å². The van der Waals surface area contributed by atoms with E-state index in [-0.39, 0.29) is 29.0 Å². The predicted molar refractivity (Wildman–Crippen MR) is 163 cm³/mol. The molecule has 3 aromatic rings. The number of carbonyl (C=O) groups is 2. The van der Waals surface area contributed by atoms with Crippen molar-refractivity contribution in [1.29, 1.82) is 0 Å². The molecule has 42 heavy (non-hydrogen) atoms. The highest BCUT2D eigenvalue weighted by molar-refractivity contribution is 7.92. The molecule has 1 N–H and O–H groups in total. The van der Waals surface area contributed by atoms with E-state index in [1.54, 1.807) is 49.4 Å². The van der Waals surface area contributed by atoms with Gasteiger partial charge in [-0.1, -0.05) is 80.3 Å². The maximum atomic E-state index is 14.8. The minimum Gasteiger partial charge on any atom is -0.352 e. The van der Waals surface area contributed by atoms with Gasteiger partial charge in [0.15, 0.2) is 0 Å². The van der Waals surface area contributed by atoms with Crippen LogP contribution in [0.2, 0.25) is 0 Å². The molecule has 1 aliphatic carbocycles. The summed E-state index contributed by atoms with van der Waals surface area (Å²) in [5.41, 5.74) is 2.29. The first-order valence-electron chi connectivity index (χ1n) is 14.6. The number of amides is 2. The molecule has 4 rings (SSSR count). The average Bonchev–Trinajstić information content (AvgIpc) is 2.99. The number of nitrogens with one attached hydrogen (secondary N) is 1. The van der Waals surface area contributed by atoms with Crippen LogP contribution in [0.5, 0.6) is 0 Å². The Hall–Kier alpha value is -3.72. The van der Waals surface area contributed by atoms with Crippen molar-refractivity contribution in [3.63, 3.8) is 0 Å². The average molecular weight is 594 g/mol. The molecule has 1 saturated carbocycles. The van der Waals surface area contributed by atoms with Gasteiger partial charge in [0.05, 0.1) is 10.6 Å². The molecule has 1 unspecified atom stereocenters. The highest BCUT2D eigenvalue weighted by atomic mass is 32.2. The molecule has 0 saturated heterocycles. The summed E-state index contributed by atoms with van der Waals surface area (Å²) in [7, 11) is -4.17. The van der Waals surface area contributed by atoms with E-state index in [1.165, 1.54) is 23.1 Å². The third-order valence-electron chi connectivity index (χ3n) is 7.95. The summed E-state index contributed by atoms with van der Waals surface area (Å²) in [6.45, 7) is 4.65. The Kier molecular flexibility index (Phi) is 10.4. The van der Waals surface area contributed by atoms with Gasteiger partial charge in [0.2, 0.25) is 11.8 Å². The fourth-order valence-electron chi connectivity index (χ4n) is 5.37. The van der Waals surface area contributed by atoms with Gasteiger partial charge in [-0.3, -0.25) is 13.9 Å². The van der Waals surface area contributed by atoms with Gasteiger partial charge in [-0.25, -0.2) is 12.8 Å². The van der Waals surface area contributed by atoms with Gasteiger partial charge in [0, 0.05) is 18.2 Å². The van der Waals surface area contributed by atoms with E-state index in [1.807, 2.05) is 26.0 Å². The van der Waals surface area contributed by atoms with Crippen molar-refractivity contribution in [2.45, 2.75) is 82.8 Å². The summed E-state index contributed by atoms with van der Waals surface area (Å²) in [5, 5.41) is 3.06. The second kappa shape index (κ2) is 14.0. The van der Waals surface area contributed by atoms with E-state index in [9.17, 15) is 22.4 Å². The highest BCUT2D eigenvalue weighted by Crippen LogP contribution is 2.28. The number of carbonyl (C=O) groups excluding carboxylic acids is 2. The van der Waals surface area contributed by atoms with Gasteiger partial charge in [0.1, 0.15) is 18.4 Å². The number of halogens is 1. The molecular weight excluding hydrogens is 553 g/mol. The summed E-state index contributed by atoms with van der Waals surface area (Å²) < 4.78 is 44.0. The van der Waals surface area contributed by atoms with Crippen molar-refractivity contribution in [3.8, 4) is 0 Å². The normalized spacial score (nSPS) is 14.7. The van der Waals surface area contributed by atoms with Crippen LogP contribution in [0.15, 0.2) is 77.7 Å². The number of rotatable bonds is 11. The smallest absolute Gasteiger partial charge is 0.264 e. The van der Waals surface area contributed by atoms with Gasteiger partial charge < -0.3 is 10.2 Å². The molecule has 2 amide bonds. The van der Waals surface area contributed by atoms with Crippen LogP contribution in [-0.4, -0.2) is 43.8 Å². The first-order valence-corrected chi connectivity index (χ1v) is 16.1. The molecule has 1 aliphatic rings.